The Kier molecular flexibility index (Phi) is 4.90. The highest BCUT2D eigenvalue weighted by Crippen LogP contribution is 2.33. The van der Waals surface area contributed by atoms with Crippen molar-refractivity contribution in [3.63, 3.8) is 0 Å². The number of benzene rings is 1. The molecule has 0 saturated carbocycles. The Labute approximate surface area is 163 Å². The van der Waals surface area contributed by atoms with Gasteiger partial charge in [0.25, 0.3) is 0 Å². The minimum absolute atomic E-state index is 0.0115. The lowest BCUT2D eigenvalue weighted by atomic mass is 10.1. The van der Waals surface area contributed by atoms with Crippen LogP contribution in [0.2, 0.25) is 0 Å². The zero-order valence-electron chi connectivity index (χ0n) is 16.4. The molecule has 1 saturated heterocycles. The lowest BCUT2D eigenvalue weighted by Gasteiger charge is -2.25. The third-order valence-corrected chi connectivity index (χ3v) is 5.23. The molecule has 1 fully saturated rings. The molecule has 7 heteroatoms. The number of carbonyl (C=O) groups excluding carboxylic acids is 1. The van der Waals surface area contributed by atoms with Crippen LogP contribution in [0.3, 0.4) is 0 Å². The Bertz CT molecular complexity index is 1010. The van der Waals surface area contributed by atoms with Crippen molar-refractivity contribution in [1.82, 2.24) is 19.5 Å². The number of aromatic nitrogens is 3. The van der Waals surface area contributed by atoms with Gasteiger partial charge in [0.15, 0.2) is 17.1 Å². The van der Waals surface area contributed by atoms with Crippen LogP contribution in [-0.4, -0.2) is 46.2 Å². The quantitative estimate of drug-likeness (QED) is 0.681. The molecule has 1 unspecified atom stereocenters. The summed E-state index contributed by atoms with van der Waals surface area (Å²) >= 11 is 0. The Balaban J connectivity index is 1.59. The highest BCUT2D eigenvalue weighted by Gasteiger charge is 2.32. The molecule has 4 rings (SSSR count). The number of ether oxygens (including phenoxy) is 2. The van der Waals surface area contributed by atoms with Crippen LogP contribution in [0.25, 0.3) is 5.65 Å². The molecule has 2 aromatic heterocycles. The molecule has 1 atom stereocenters. The maximum atomic E-state index is 13.1. The first-order valence-electron chi connectivity index (χ1n) is 9.42. The number of likely N-dealkylation sites (tertiary alicyclic amines) is 1. The minimum atomic E-state index is 0.0115. The lowest BCUT2D eigenvalue weighted by Crippen LogP contribution is -2.32. The van der Waals surface area contributed by atoms with Crippen LogP contribution in [0.4, 0.5) is 0 Å². The highest BCUT2D eigenvalue weighted by molar-refractivity contribution is 5.79. The zero-order chi connectivity index (χ0) is 19.7. The van der Waals surface area contributed by atoms with Gasteiger partial charge in [-0.25, -0.2) is 9.50 Å². The molecule has 0 bridgehead atoms. The predicted octanol–water partition coefficient (Wildman–Crippen LogP) is 2.96. The topological polar surface area (TPSA) is 69.0 Å². The summed E-state index contributed by atoms with van der Waals surface area (Å²) in [5, 5.41) is 4.56. The number of amides is 1. The number of hydrogen-bond acceptors (Lipinski definition) is 5. The monoisotopic (exact) mass is 380 g/mol. The van der Waals surface area contributed by atoms with Crippen molar-refractivity contribution in [2.24, 2.45) is 0 Å². The van der Waals surface area contributed by atoms with Gasteiger partial charge in [0.2, 0.25) is 5.91 Å². The van der Waals surface area contributed by atoms with E-state index in [1.807, 2.05) is 46.7 Å². The van der Waals surface area contributed by atoms with E-state index in [-0.39, 0.29) is 11.9 Å². The maximum Gasteiger partial charge on any atom is 0.227 e. The van der Waals surface area contributed by atoms with E-state index in [0.717, 1.165) is 42.0 Å². The van der Waals surface area contributed by atoms with E-state index in [2.05, 4.69) is 10.1 Å². The van der Waals surface area contributed by atoms with E-state index < -0.39 is 0 Å². The van der Waals surface area contributed by atoms with Crippen LogP contribution in [0, 0.1) is 6.92 Å². The first-order valence-corrected chi connectivity index (χ1v) is 9.42. The van der Waals surface area contributed by atoms with Gasteiger partial charge >= 0.3 is 0 Å². The molecule has 0 aliphatic carbocycles. The van der Waals surface area contributed by atoms with Gasteiger partial charge in [-0.1, -0.05) is 6.07 Å². The van der Waals surface area contributed by atoms with Gasteiger partial charge in [0.1, 0.15) is 0 Å². The number of hydrogen-bond donors (Lipinski definition) is 0. The van der Waals surface area contributed by atoms with Crippen LogP contribution in [0.15, 0.2) is 36.5 Å². The van der Waals surface area contributed by atoms with Gasteiger partial charge < -0.3 is 14.4 Å². The van der Waals surface area contributed by atoms with E-state index in [1.54, 1.807) is 20.4 Å². The summed E-state index contributed by atoms with van der Waals surface area (Å²) in [6.45, 7) is 2.70. The number of methoxy groups -OCH3 is 2. The normalized spacial score (nSPS) is 16.5. The molecule has 1 aromatic carbocycles. The van der Waals surface area contributed by atoms with Crippen LogP contribution < -0.4 is 9.47 Å². The number of fused-ring (bicyclic) bond motifs is 1. The smallest absolute Gasteiger partial charge is 0.227 e. The molecule has 1 aliphatic heterocycles. The Morgan fingerprint density at radius 3 is 2.79 bits per heavy atom. The largest absolute Gasteiger partial charge is 0.493 e. The molecular weight excluding hydrogens is 356 g/mol. The zero-order valence-corrected chi connectivity index (χ0v) is 16.4. The average molecular weight is 380 g/mol. The Hall–Kier alpha value is -3.09. The SMILES string of the molecule is COc1ccc(CC(=O)N2CCCC2c2ccnc3cc(C)nn23)cc1OC. The molecule has 1 aliphatic rings. The summed E-state index contributed by atoms with van der Waals surface area (Å²) in [6, 6.07) is 9.54. The van der Waals surface area contributed by atoms with Gasteiger partial charge in [0, 0.05) is 18.8 Å². The van der Waals surface area contributed by atoms with Gasteiger partial charge in [0.05, 0.1) is 38.1 Å². The van der Waals surface area contributed by atoms with Crippen molar-refractivity contribution in [3.8, 4) is 11.5 Å². The number of aryl methyl sites for hydroxylation is 1. The van der Waals surface area contributed by atoms with E-state index in [4.69, 9.17) is 9.47 Å². The molecule has 7 nitrogen and oxygen atoms in total. The fraction of sp³-hybridized carbons (Fsp3) is 0.381. The van der Waals surface area contributed by atoms with Gasteiger partial charge in [-0.05, 0) is 43.5 Å². The molecule has 28 heavy (non-hydrogen) atoms. The summed E-state index contributed by atoms with van der Waals surface area (Å²) in [7, 11) is 3.20. The molecule has 0 spiro atoms. The molecule has 3 heterocycles. The minimum Gasteiger partial charge on any atom is -0.493 e. The standard InChI is InChI=1S/C21H24N4O3/c1-14-11-20-22-9-8-17(25(20)23-14)16-5-4-10-24(16)21(26)13-15-6-7-18(27-2)19(12-15)28-3/h6-9,11-12,16H,4-5,10,13H2,1-3H3. The second-order valence-corrected chi connectivity index (χ2v) is 7.04. The summed E-state index contributed by atoms with van der Waals surface area (Å²) in [4.78, 5) is 19.4. The predicted molar refractivity (Wildman–Crippen MR) is 105 cm³/mol. The Morgan fingerprint density at radius 1 is 1.18 bits per heavy atom. The fourth-order valence-corrected chi connectivity index (χ4v) is 3.92. The molecule has 0 N–H and O–H groups in total. The molecule has 146 valence electrons. The van der Waals surface area contributed by atoms with Crippen molar-refractivity contribution < 1.29 is 14.3 Å². The van der Waals surface area contributed by atoms with E-state index in [0.29, 0.717) is 17.9 Å². The maximum absolute atomic E-state index is 13.1. The number of nitrogens with zero attached hydrogens (tertiary/aromatic N) is 4. The van der Waals surface area contributed by atoms with Gasteiger partial charge in [-0.15, -0.1) is 0 Å². The summed E-state index contributed by atoms with van der Waals surface area (Å²) in [6.07, 6.45) is 4.02. The van der Waals surface area contributed by atoms with E-state index in [9.17, 15) is 4.79 Å². The second-order valence-electron chi connectivity index (χ2n) is 7.04. The first kappa shape index (κ1) is 18.3. The number of rotatable bonds is 5. The van der Waals surface area contributed by atoms with Crippen LogP contribution in [0.1, 0.15) is 35.8 Å². The van der Waals surface area contributed by atoms with Crippen LogP contribution >= 0.6 is 0 Å². The van der Waals surface area contributed by atoms with Crippen LogP contribution in [-0.2, 0) is 11.2 Å². The summed E-state index contributed by atoms with van der Waals surface area (Å²) in [5.74, 6) is 1.39. The van der Waals surface area contributed by atoms with Gasteiger partial charge in [-0.2, -0.15) is 5.10 Å². The molecule has 0 radical (unpaired) electrons. The van der Waals surface area contributed by atoms with Crippen molar-refractivity contribution >= 4 is 11.6 Å². The summed E-state index contributed by atoms with van der Waals surface area (Å²) < 4.78 is 12.5. The summed E-state index contributed by atoms with van der Waals surface area (Å²) in [5.41, 5.74) is 3.65. The molecular formula is C21H24N4O3. The van der Waals surface area contributed by atoms with Crippen molar-refractivity contribution in [2.45, 2.75) is 32.2 Å². The van der Waals surface area contributed by atoms with Crippen LogP contribution in [0.5, 0.6) is 11.5 Å². The molecule has 3 aromatic rings. The van der Waals surface area contributed by atoms with Gasteiger partial charge in [-0.3, -0.25) is 4.79 Å². The first-order chi connectivity index (χ1) is 13.6. The fourth-order valence-electron chi connectivity index (χ4n) is 3.92. The van der Waals surface area contributed by atoms with E-state index >= 15 is 0 Å². The third-order valence-electron chi connectivity index (χ3n) is 5.23. The second kappa shape index (κ2) is 7.50. The van der Waals surface area contributed by atoms with Crippen molar-refractivity contribution in [2.75, 3.05) is 20.8 Å². The van der Waals surface area contributed by atoms with Crippen molar-refractivity contribution in [1.29, 1.82) is 0 Å². The molecule has 1 amide bonds. The highest BCUT2D eigenvalue weighted by atomic mass is 16.5. The average Bonchev–Trinajstić information content (AvgIpc) is 3.33. The Morgan fingerprint density at radius 2 is 2.00 bits per heavy atom. The number of carbonyl (C=O) groups is 1. The van der Waals surface area contributed by atoms with Crippen molar-refractivity contribution in [3.05, 3.63) is 53.5 Å². The third kappa shape index (κ3) is 3.28. The van der Waals surface area contributed by atoms with E-state index in [1.165, 1.54) is 0 Å². The lowest BCUT2D eigenvalue weighted by molar-refractivity contribution is -0.131.